The van der Waals surface area contributed by atoms with Crippen LogP contribution in [0.3, 0.4) is 0 Å². The molecule has 2 aliphatic carbocycles. The van der Waals surface area contributed by atoms with Gasteiger partial charge in [-0.1, -0.05) is 6.42 Å². The van der Waals surface area contributed by atoms with Crippen molar-refractivity contribution in [2.24, 2.45) is 5.41 Å². The lowest BCUT2D eigenvalue weighted by Crippen LogP contribution is -2.68. The third kappa shape index (κ3) is 2.00. The first-order valence-corrected chi connectivity index (χ1v) is 7.75. The Hall–Kier alpha value is -0.120. The van der Waals surface area contributed by atoms with Gasteiger partial charge < -0.3 is 14.8 Å². The summed E-state index contributed by atoms with van der Waals surface area (Å²) in [7, 11) is 0. The second-order valence-electron chi connectivity index (χ2n) is 6.33. The summed E-state index contributed by atoms with van der Waals surface area (Å²) in [6.45, 7) is 6.22. The average Bonchev–Trinajstić information content (AvgIpc) is 2.78. The quantitative estimate of drug-likeness (QED) is 0.816. The summed E-state index contributed by atoms with van der Waals surface area (Å²) in [4.78, 5) is 0. The predicted molar refractivity (Wildman–Crippen MR) is 71.7 cm³/mol. The Kier molecular flexibility index (Phi) is 3.65. The number of ether oxygens (including phenoxy) is 2. The van der Waals surface area contributed by atoms with Crippen molar-refractivity contribution in [1.29, 1.82) is 0 Å². The van der Waals surface area contributed by atoms with E-state index >= 15 is 0 Å². The molecule has 3 fully saturated rings. The Morgan fingerprint density at radius 1 is 1.39 bits per heavy atom. The highest BCUT2D eigenvalue weighted by atomic mass is 16.5. The number of nitrogens with one attached hydrogen (secondary N) is 1. The van der Waals surface area contributed by atoms with Gasteiger partial charge in [-0.05, 0) is 46.0 Å². The molecule has 1 spiro atoms. The molecule has 0 aromatic heterocycles. The summed E-state index contributed by atoms with van der Waals surface area (Å²) in [6, 6.07) is 1.17. The maximum absolute atomic E-state index is 5.90. The fourth-order valence-corrected chi connectivity index (χ4v) is 4.09. The first-order valence-electron chi connectivity index (χ1n) is 7.75. The van der Waals surface area contributed by atoms with Gasteiger partial charge in [0.2, 0.25) is 0 Å². The van der Waals surface area contributed by atoms with Gasteiger partial charge in [0.25, 0.3) is 0 Å². The normalized spacial score (nSPS) is 39.3. The fourth-order valence-electron chi connectivity index (χ4n) is 4.09. The van der Waals surface area contributed by atoms with Crippen molar-refractivity contribution in [3.63, 3.8) is 0 Å². The van der Waals surface area contributed by atoms with Gasteiger partial charge in [-0.25, -0.2) is 0 Å². The largest absolute Gasteiger partial charge is 0.378 e. The summed E-state index contributed by atoms with van der Waals surface area (Å²) in [6.07, 6.45) is 8.71. The van der Waals surface area contributed by atoms with E-state index in [-0.39, 0.29) is 0 Å². The van der Waals surface area contributed by atoms with Gasteiger partial charge in [0.15, 0.2) is 0 Å². The monoisotopic (exact) mass is 253 g/mol. The fraction of sp³-hybridized carbons (Fsp3) is 1.00. The predicted octanol–water partition coefficient (Wildman–Crippen LogP) is 2.49. The van der Waals surface area contributed by atoms with E-state index in [1.54, 1.807) is 0 Å². The Balaban J connectivity index is 1.54. The summed E-state index contributed by atoms with van der Waals surface area (Å²) >= 11 is 0. The second kappa shape index (κ2) is 5.10. The highest BCUT2D eigenvalue weighted by Gasteiger charge is 2.59. The molecule has 0 radical (unpaired) electrons. The zero-order valence-electron chi connectivity index (χ0n) is 11.8. The van der Waals surface area contributed by atoms with Crippen LogP contribution in [0.2, 0.25) is 0 Å². The van der Waals surface area contributed by atoms with Gasteiger partial charge in [0.1, 0.15) is 0 Å². The third-order valence-electron chi connectivity index (χ3n) is 5.42. The molecule has 0 bridgehead atoms. The molecule has 18 heavy (non-hydrogen) atoms. The van der Waals surface area contributed by atoms with Crippen LogP contribution < -0.4 is 5.32 Å². The molecule has 1 aliphatic heterocycles. The molecule has 0 aromatic rings. The van der Waals surface area contributed by atoms with Gasteiger partial charge in [0, 0.05) is 30.7 Å². The van der Waals surface area contributed by atoms with Crippen molar-refractivity contribution in [3.8, 4) is 0 Å². The van der Waals surface area contributed by atoms with Crippen molar-refractivity contribution in [2.75, 3.05) is 13.2 Å². The summed E-state index contributed by atoms with van der Waals surface area (Å²) in [5.74, 6) is 0. The molecule has 4 atom stereocenters. The molecule has 3 nitrogen and oxygen atoms in total. The van der Waals surface area contributed by atoms with Crippen molar-refractivity contribution < 1.29 is 9.47 Å². The Bertz CT molecular complexity index is 284. The molecule has 1 saturated heterocycles. The van der Waals surface area contributed by atoms with E-state index in [4.69, 9.17) is 9.47 Å². The van der Waals surface area contributed by atoms with Crippen molar-refractivity contribution in [1.82, 2.24) is 5.32 Å². The molecule has 2 saturated carbocycles. The van der Waals surface area contributed by atoms with Crippen LogP contribution in [0, 0.1) is 5.41 Å². The van der Waals surface area contributed by atoms with E-state index in [9.17, 15) is 0 Å². The lowest BCUT2D eigenvalue weighted by atomic mass is 9.51. The van der Waals surface area contributed by atoms with Crippen LogP contribution in [-0.4, -0.2) is 37.5 Å². The first-order chi connectivity index (χ1) is 8.76. The number of rotatable bonds is 5. The van der Waals surface area contributed by atoms with Crippen molar-refractivity contribution >= 4 is 0 Å². The molecule has 3 rings (SSSR count). The number of hydrogen-bond acceptors (Lipinski definition) is 3. The summed E-state index contributed by atoms with van der Waals surface area (Å²) in [5.41, 5.74) is 0.475. The van der Waals surface area contributed by atoms with Crippen LogP contribution in [0.1, 0.15) is 52.4 Å². The zero-order chi connectivity index (χ0) is 12.6. The molecule has 3 heteroatoms. The zero-order valence-corrected chi connectivity index (χ0v) is 11.8. The first kappa shape index (κ1) is 12.9. The highest BCUT2D eigenvalue weighted by molar-refractivity contribution is 5.12. The van der Waals surface area contributed by atoms with Gasteiger partial charge >= 0.3 is 0 Å². The minimum atomic E-state index is 0.438. The van der Waals surface area contributed by atoms with E-state index in [2.05, 4.69) is 19.2 Å². The Morgan fingerprint density at radius 2 is 2.22 bits per heavy atom. The Morgan fingerprint density at radius 3 is 2.78 bits per heavy atom. The Labute approximate surface area is 111 Å². The van der Waals surface area contributed by atoms with Gasteiger partial charge in [-0.15, -0.1) is 0 Å². The molecule has 0 aromatic carbocycles. The lowest BCUT2D eigenvalue weighted by Gasteiger charge is -2.62. The number of hydrogen-bond donors (Lipinski definition) is 1. The second-order valence-corrected chi connectivity index (χ2v) is 6.33. The van der Waals surface area contributed by atoms with Crippen LogP contribution in [0.15, 0.2) is 0 Å². The van der Waals surface area contributed by atoms with E-state index in [0.717, 1.165) is 13.2 Å². The minimum absolute atomic E-state index is 0.438. The summed E-state index contributed by atoms with van der Waals surface area (Å²) in [5, 5.41) is 3.83. The van der Waals surface area contributed by atoms with E-state index < -0.39 is 0 Å². The van der Waals surface area contributed by atoms with Crippen LogP contribution in [-0.2, 0) is 9.47 Å². The molecule has 0 amide bonds. The molecule has 3 aliphatic rings. The van der Waals surface area contributed by atoms with Crippen LogP contribution in [0.5, 0.6) is 0 Å². The van der Waals surface area contributed by atoms with Crippen molar-refractivity contribution in [2.45, 2.75) is 76.7 Å². The van der Waals surface area contributed by atoms with Crippen LogP contribution >= 0.6 is 0 Å². The summed E-state index contributed by atoms with van der Waals surface area (Å²) < 4.78 is 11.7. The standard InChI is InChI=1S/C15H27NO2/c1-3-17-14-10-13(15(14)7-5-8-15)16-11(2)12-6-4-9-18-12/h11-14,16H,3-10H2,1-2H3. The highest BCUT2D eigenvalue weighted by Crippen LogP contribution is 2.57. The topological polar surface area (TPSA) is 30.5 Å². The molecular formula is C15H27NO2. The third-order valence-corrected chi connectivity index (χ3v) is 5.42. The molecule has 1 heterocycles. The van der Waals surface area contributed by atoms with E-state index in [0.29, 0.717) is 29.7 Å². The molecule has 104 valence electrons. The van der Waals surface area contributed by atoms with E-state index in [1.165, 1.54) is 38.5 Å². The van der Waals surface area contributed by atoms with Crippen molar-refractivity contribution in [3.05, 3.63) is 0 Å². The van der Waals surface area contributed by atoms with Gasteiger partial charge in [-0.3, -0.25) is 0 Å². The molecule has 1 N–H and O–H groups in total. The van der Waals surface area contributed by atoms with E-state index in [1.807, 2.05) is 0 Å². The molecule has 4 unspecified atom stereocenters. The maximum atomic E-state index is 5.90. The van der Waals surface area contributed by atoms with Crippen LogP contribution in [0.25, 0.3) is 0 Å². The van der Waals surface area contributed by atoms with Crippen LogP contribution in [0.4, 0.5) is 0 Å². The van der Waals surface area contributed by atoms with Gasteiger partial charge in [0.05, 0.1) is 12.2 Å². The molecular weight excluding hydrogens is 226 g/mol. The SMILES string of the molecule is CCOC1CC(NC(C)C2CCCO2)C12CCC2. The minimum Gasteiger partial charge on any atom is -0.378 e. The van der Waals surface area contributed by atoms with Gasteiger partial charge in [-0.2, -0.15) is 0 Å². The smallest absolute Gasteiger partial charge is 0.0726 e. The maximum Gasteiger partial charge on any atom is 0.0726 e. The lowest BCUT2D eigenvalue weighted by molar-refractivity contribution is -0.176. The average molecular weight is 253 g/mol.